The first-order valence-electron chi connectivity index (χ1n) is 6.11. The maximum atomic E-state index is 11.6. The standard InChI is InChI=1S/C14H14N2O4/c1-3-20-12-7-5-4-6-10(12)16-9(2)8-11(17)13(15-16)14(18)19/h4-8H,3H2,1-2H3,(H,18,19). The van der Waals surface area contributed by atoms with E-state index in [0.29, 0.717) is 23.7 Å². The summed E-state index contributed by atoms with van der Waals surface area (Å²) in [4.78, 5) is 22.6. The highest BCUT2D eigenvalue weighted by Crippen LogP contribution is 2.22. The number of hydrogen-bond donors (Lipinski definition) is 1. The van der Waals surface area contributed by atoms with Gasteiger partial charge in [-0.1, -0.05) is 12.1 Å². The lowest BCUT2D eigenvalue weighted by atomic mass is 10.2. The normalized spacial score (nSPS) is 10.3. The third kappa shape index (κ3) is 2.54. The van der Waals surface area contributed by atoms with Gasteiger partial charge in [-0.05, 0) is 26.0 Å². The number of ether oxygens (including phenoxy) is 1. The van der Waals surface area contributed by atoms with Crippen LogP contribution in [0.2, 0.25) is 0 Å². The Balaban J connectivity index is 2.67. The summed E-state index contributed by atoms with van der Waals surface area (Å²) < 4.78 is 6.89. The molecule has 0 atom stereocenters. The van der Waals surface area contributed by atoms with Crippen molar-refractivity contribution in [2.45, 2.75) is 13.8 Å². The number of carboxylic acids is 1. The Morgan fingerprint density at radius 1 is 1.40 bits per heavy atom. The van der Waals surface area contributed by atoms with Gasteiger partial charge in [-0.3, -0.25) is 4.79 Å². The molecule has 0 amide bonds. The van der Waals surface area contributed by atoms with Crippen molar-refractivity contribution in [3.8, 4) is 11.4 Å². The molecule has 104 valence electrons. The lowest BCUT2D eigenvalue weighted by Crippen LogP contribution is -2.22. The number of carboxylic acid groups (broad SMARTS) is 1. The first kappa shape index (κ1) is 13.8. The largest absolute Gasteiger partial charge is 0.492 e. The molecule has 0 aliphatic carbocycles. The number of rotatable bonds is 4. The molecule has 1 heterocycles. The minimum atomic E-state index is -1.35. The van der Waals surface area contributed by atoms with Crippen LogP contribution >= 0.6 is 0 Å². The molecule has 1 N–H and O–H groups in total. The lowest BCUT2D eigenvalue weighted by molar-refractivity contribution is 0.0686. The summed E-state index contributed by atoms with van der Waals surface area (Å²) >= 11 is 0. The molecule has 2 rings (SSSR count). The molecule has 0 bridgehead atoms. The molecule has 0 aliphatic heterocycles. The van der Waals surface area contributed by atoms with Gasteiger partial charge < -0.3 is 9.84 Å². The van der Waals surface area contributed by atoms with Gasteiger partial charge in [0.15, 0.2) is 0 Å². The zero-order valence-corrected chi connectivity index (χ0v) is 11.2. The zero-order valence-electron chi connectivity index (χ0n) is 11.2. The third-order valence-electron chi connectivity index (χ3n) is 2.70. The Morgan fingerprint density at radius 3 is 2.75 bits per heavy atom. The van der Waals surface area contributed by atoms with Gasteiger partial charge in [0.1, 0.15) is 11.4 Å². The van der Waals surface area contributed by atoms with E-state index in [-0.39, 0.29) is 0 Å². The highest BCUT2D eigenvalue weighted by Gasteiger charge is 2.15. The van der Waals surface area contributed by atoms with Crippen molar-refractivity contribution in [1.29, 1.82) is 0 Å². The summed E-state index contributed by atoms with van der Waals surface area (Å²) in [5, 5.41) is 12.9. The van der Waals surface area contributed by atoms with Crippen molar-refractivity contribution < 1.29 is 14.6 Å². The first-order valence-corrected chi connectivity index (χ1v) is 6.11. The lowest BCUT2D eigenvalue weighted by Gasteiger charge is -2.14. The molecule has 1 aromatic carbocycles. The fourth-order valence-electron chi connectivity index (χ4n) is 1.85. The van der Waals surface area contributed by atoms with E-state index in [1.165, 1.54) is 10.7 Å². The smallest absolute Gasteiger partial charge is 0.360 e. The molecular weight excluding hydrogens is 260 g/mol. The van der Waals surface area contributed by atoms with E-state index in [0.717, 1.165) is 0 Å². The van der Waals surface area contributed by atoms with Crippen LogP contribution in [0.25, 0.3) is 5.69 Å². The molecule has 0 fully saturated rings. The molecule has 0 aliphatic rings. The van der Waals surface area contributed by atoms with Crippen molar-refractivity contribution >= 4 is 5.97 Å². The van der Waals surface area contributed by atoms with Crippen LogP contribution in [-0.4, -0.2) is 27.5 Å². The van der Waals surface area contributed by atoms with E-state index in [9.17, 15) is 9.59 Å². The van der Waals surface area contributed by atoms with Gasteiger partial charge in [-0.15, -0.1) is 0 Å². The van der Waals surface area contributed by atoms with Gasteiger partial charge in [0.05, 0.1) is 6.61 Å². The average Bonchev–Trinajstić information content (AvgIpc) is 2.40. The first-order chi connectivity index (χ1) is 9.54. The van der Waals surface area contributed by atoms with E-state index in [4.69, 9.17) is 9.84 Å². The summed E-state index contributed by atoms with van der Waals surface area (Å²) in [6, 6.07) is 8.36. The number of aryl methyl sites for hydroxylation is 1. The number of hydrogen-bond acceptors (Lipinski definition) is 4. The Morgan fingerprint density at radius 2 is 2.10 bits per heavy atom. The highest BCUT2D eigenvalue weighted by molar-refractivity contribution is 5.85. The van der Waals surface area contributed by atoms with Crippen LogP contribution in [0, 0.1) is 6.92 Å². The topological polar surface area (TPSA) is 81.4 Å². The van der Waals surface area contributed by atoms with Gasteiger partial charge in [0.25, 0.3) is 0 Å². The van der Waals surface area contributed by atoms with Crippen molar-refractivity contribution in [3.05, 3.63) is 51.9 Å². The van der Waals surface area contributed by atoms with Crippen LogP contribution in [0.15, 0.2) is 35.1 Å². The minimum absolute atomic E-state index is 0.474. The van der Waals surface area contributed by atoms with E-state index >= 15 is 0 Å². The van der Waals surface area contributed by atoms with Gasteiger partial charge >= 0.3 is 5.97 Å². The maximum Gasteiger partial charge on any atom is 0.360 e. The molecule has 0 saturated heterocycles. The number of aromatic carboxylic acids is 1. The second kappa shape index (κ2) is 5.56. The fraction of sp³-hybridized carbons (Fsp3) is 0.214. The molecule has 2 aromatic rings. The number of para-hydroxylation sites is 2. The van der Waals surface area contributed by atoms with Crippen molar-refractivity contribution in [2.75, 3.05) is 6.61 Å². The number of carbonyl (C=O) groups is 1. The second-order valence-corrected chi connectivity index (χ2v) is 4.12. The van der Waals surface area contributed by atoms with Gasteiger partial charge in [0, 0.05) is 11.8 Å². The number of nitrogens with zero attached hydrogens (tertiary/aromatic N) is 2. The summed E-state index contributed by atoms with van der Waals surface area (Å²) in [6.45, 7) is 4.01. The third-order valence-corrected chi connectivity index (χ3v) is 2.70. The molecule has 6 nitrogen and oxygen atoms in total. The minimum Gasteiger partial charge on any atom is -0.492 e. The quantitative estimate of drug-likeness (QED) is 0.916. The molecule has 0 radical (unpaired) electrons. The maximum absolute atomic E-state index is 11.6. The molecule has 0 spiro atoms. The predicted octanol–water partition coefficient (Wildman–Crippen LogP) is 1.64. The van der Waals surface area contributed by atoms with E-state index in [2.05, 4.69) is 5.10 Å². The van der Waals surface area contributed by atoms with Gasteiger partial charge in [-0.2, -0.15) is 5.10 Å². The van der Waals surface area contributed by atoms with E-state index in [1.54, 1.807) is 25.1 Å². The zero-order chi connectivity index (χ0) is 14.7. The monoisotopic (exact) mass is 274 g/mol. The summed E-state index contributed by atoms with van der Waals surface area (Å²) in [5.74, 6) is -0.775. The van der Waals surface area contributed by atoms with Crippen LogP contribution in [0.5, 0.6) is 5.75 Å². The van der Waals surface area contributed by atoms with Gasteiger partial charge in [0.2, 0.25) is 11.1 Å². The summed E-state index contributed by atoms with van der Waals surface area (Å²) in [6.07, 6.45) is 0. The predicted molar refractivity (Wildman–Crippen MR) is 72.7 cm³/mol. The van der Waals surface area contributed by atoms with Crippen molar-refractivity contribution in [2.24, 2.45) is 0 Å². The van der Waals surface area contributed by atoms with E-state index in [1.807, 2.05) is 13.0 Å². The molecular formula is C14H14N2O4. The molecule has 0 saturated carbocycles. The highest BCUT2D eigenvalue weighted by atomic mass is 16.5. The molecule has 20 heavy (non-hydrogen) atoms. The Labute approximate surface area is 115 Å². The van der Waals surface area contributed by atoms with Crippen LogP contribution in [0.3, 0.4) is 0 Å². The van der Waals surface area contributed by atoms with Crippen molar-refractivity contribution in [1.82, 2.24) is 9.78 Å². The molecule has 6 heteroatoms. The van der Waals surface area contributed by atoms with Crippen molar-refractivity contribution in [3.63, 3.8) is 0 Å². The van der Waals surface area contributed by atoms with Crippen LogP contribution in [0.1, 0.15) is 23.1 Å². The van der Waals surface area contributed by atoms with Crippen LogP contribution < -0.4 is 10.2 Å². The van der Waals surface area contributed by atoms with E-state index < -0.39 is 17.1 Å². The Hall–Kier alpha value is -2.63. The number of aromatic nitrogens is 2. The average molecular weight is 274 g/mol. The number of benzene rings is 1. The second-order valence-electron chi connectivity index (χ2n) is 4.12. The SMILES string of the molecule is CCOc1ccccc1-n1nc(C(=O)O)c(=O)cc1C. The fourth-order valence-corrected chi connectivity index (χ4v) is 1.85. The molecule has 0 unspecified atom stereocenters. The van der Waals surface area contributed by atoms with Crippen LogP contribution in [0.4, 0.5) is 0 Å². The van der Waals surface area contributed by atoms with Crippen LogP contribution in [-0.2, 0) is 0 Å². The Kier molecular flexibility index (Phi) is 3.84. The molecule has 1 aromatic heterocycles. The summed E-state index contributed by atoms with van der Waals surface area (Å²) in [7, 11) is 0. The summed E-state index contributed by atoms with van der Waals surface area (Å²) in [5.41, 5.74) is 0.00328. The van der Waals surface area contributed by atoms with Gasteiger partial charge in [-0.25, -0.2) is 9.48 Å². The Bertz CT molecular complexity index is 707.